The molecule has 1 aliphatic heterocycles. The summed E-state index contributed by atoms with van der Waals surface area (Å²) in [7, 11) is -3.03. The molecule has 3 rings (SSSR count). The molecule has 2 aromatic rings. The molecule has 20 heavy (non-hydrogen) atoms. The van der Waals surface area contributed by atoms with Gasteiger partial charge in [-0.15, -0.1) is 0 Å². The third kappa shape index (κ3) is 2.38. The van der Waals surface area contributed by atoms with Gasteiger partial charge in [-0.25, -0.2) is 12.8 Å². The molecule has 106 valence electrons. The first-order valence-electron chi connectivity index (χ1n) is 6.04. The zero-order valence-electron chi connectivity index (χ0n) is 10.4. The maximum absolute atomic E-state index is 13.7. The SMILES string of the molecule is Nc1ccc(-c2nc(C3CCS(=O)(=O)C3)no2)c(F)c1. The number of hydrogen-bond acceptors (Lipinski definition) is 6. The molecule has 1 unspecified atom stereocenters. The van der Waals surface area contributed by atoms with Crippen molar-refractivity contribution >= 4 is 15.5 Å². The number of anilines is 1. The number of hydrogen-bond donors (Lipinski definition) is 1. The van der Waals surface area contributed by atoms with Crippen LogP contribution >= 0.6 is 0 Å². The van der Waals surface area contributed by atoms with Crippen molar-refractivity contribution in [2.24, 2.45) is 0 Å². The second-order valence-electron chi connectivity index (χ2n) is 4.80. The molecule has 0 aliphatic carbocycles. The van der Waals surface area contributed by atoms with Crippen LogP contribution < -0.4 is 5.73 Å². The van der Waals surface area contributed by atoms with Gasteiger partial charge in [0, 0.05) is 11.6 Å². The van der Waals surface area contributed by atoms with Gasteiger partial charge in [-0.2, -0.15) is 4.98 Å². The highest BCUT2D eigenvalue weighted by Gasteiger charge is 2.32. The Bertz CT molecular complexity index is 757. The third-order valence-electron chi connectivity index (χ3n) is 3.26. The Hall–Kier alpha value is -1.96. The number of sulfone groups is 1. The molecule has 1 atom stereocenters. The van der Waals surface area contributed by atoms with Gasteiger partial charge in [0.2, 0.25) is 0 Å². The highest BCUT2D eigenvalue weighted by Crippen LogP contribution is 2.29. The predicted molar refractivity (Wildman–Crippen MR) is 70.1 cm³/mol. The maximum atomic E-state index is 13.7. The molecule has 0 saturated carbocycles. The Balaban J connectivity index is 1.91. The van der Waals surface area contributed by atoms with Crippen molar-refractivity contribution in [3.8, 4) is 11.5 Å². The molecule has 1 aromatic heterocycles. The summed E-state index contributed by atoms with van der Waals surface area (Å²) >= 11 is 0. The number of nitrogens with zero attached hydrogens (tertiary/aromatic N) is 2. The van der Waals surface area contributed by atoms with Crippen molar-refractivity contribution in [3.05, 3.63) is 29.8 Å². The maximum Gasteiger partial charge on any atom is 0.260 e. The lowest BCUT2D eigenvalue weighted by Gasteiger charge is -1.99. The summed E-state index contributed by atoms with van der Waals surface area (Å²) < 4.78 is 41.6. The topological polar surface area (TPSA) is 99.1 Å². The van der Waals surface area contributed by atoms with Crippen LogP contribution in [0.25, 0.3) is 11.5 Å². The van der Waals surface area contributed by atoms with E-state index in [0.717, 1.165) is 0 Å². The van der Waals surface area contributed by atoms with Gasteiger partial charge in [0.25, 0.3) is 5.89 Å². The fourth-order valence-electron chi connectivity index (χ4n) is 2.21. The van der Waals surface area contributed by atoms with Crippen molar-refractivity contribution in [1.82, 2.24) is 10.1 Å². The van der Waals surface area contributed by atoms with E-state index in [0.29, 0.717) is 17.9 Å². The number of nitrogens with two attached hydrogens (primary N) is 1. The minimum atomic E-state index is -3.03. The van der Waals surface area contributed by atoms with Crippen molar-refractivity contribution in [1.29, 1.82) is 0 Å². The average Bonchev–Trinajstić information content (AvgIpc) is 2.95. The number of aromatic nitrogens is 2. The Labute approximate surface area is 114 Å². The molecule has 2 heterocycles. The van der Waals surface area contributed by atoms with Gasteiger partial charge < -0.3 is 10.3 Å². The summed E-state index contributed by atoms with van der Waals surface area (Å²) in [5, 5.41) is 3.76. The number of rotatable bonds is 2. The van der Waals surface area contributed by atoms with E-state index in [-0.39, 0.29) is 28.9 Å². The van der Waals surface area contributed by atoms with Gasteiger partial charge in [-0.05, 0) is 24.6 Å². The predicted octanol–water partition coefficient (Wildman–Crippen LogP) is 1.36. The lowest BCUT2D eigenvalue weighted by atomic mass is 10.1. The fourth-order valence-corrected chi connectivity index (χ4v) is 3.95. The van der Waals surface area contributed by atoms with Crippen LogP contribution in [0.2, 0.25) is 0 Å². The van der Waals surface area contributed by atoms with Crippen LogP contribution in [0.4, 0.5) is 10.1 Å². The lowest BCUT2D eigenvalue weighted by molar-refractivity contribution is 0.416. The van der Waals surface area contributed by atoms with Crippen LogP contribution in [0, 0.1) is 5.82 Å². The van der Waals surface area contributed by atoms with Crippen molar-refractivity contribution in [2.45, 2.75) is 12.3 Å². The molecule has 0 amide bonds. The summed E-state index contributed by atoms with van der Waals surface area (Å²) in [5.41, 5.74) is 5.92. The zero-order chi connectivity index (χ0) is 14.3. The van der Waals surface area contributed by atoms with E-state index in [9.17, 15) is 12.8 Å². The van der Waals surface area contributed by atoms with Gasteiger partial charge in [-0.3, -0.25) is 0 Å². The molecule has 1 saturated heterocycles. The van der Waals surface area contributed by atoms with Crippen LogP contribution in [0.1, 0.15) is 18.2 Å². The molecule has 0 spiro atoms. The second-order valence-corrected chi connectivity index (χ2v) is 7.03. The molecule has 1 fully saturated rings. The molecule has 6 nitrogen and oxygen atoms in total. The van der Waals surface area contributed by atoms with Gasteiger partial charge >= 0.3 is 0 Å². The molecule has 1 aliphatic rings. The average molecular weight is 297 g/mol. The normalized spacial score (nSPS) is 21.1. The first-order chi connectivity index (χ1) is 9.44. The molecule has 8 heteroatoms. The summed E-state index contributed by atoms with van der Waals surface area (Å²) in [4.78, 5) is 4.10. The van der Waals surface area contributed by atoms with Gasteiger partial charge in [0.05, 0.1) is 17.1 Å². The van der Waals surface area contributed by atoms with Gasteiger partial charge in [0.1, 0.15) is 5.82 Å². The van der Waals surface area contributed by atoms with E-state index >= 15 is 0 Å². The van der Waals surface area contributed by atoms with Crippen molar-refractivity contribution in [3.63, 3.8) is 0 Å². The summed E-state index contributed by atoms with van der Waals surface area (Å²) in [6.45, 7) is 0. The molecular weight excluding hydrogens is 285 g/mol. The number of nitrogen functional groups attached to an aromatic ring is 1. The van der Waals surface area contributed by atoms with E-state index < -0.39 is 15.7 Å². The molecule has 0 radical (unpaired) electrons. The van der Waals surface area contributed by atoms with Crippen LogP contribution in [-0.4, -0.2) is 30.1 Å². The van der Waals surface area contributed by atoms with Crippen LogP contribution in [0.15, 0.2) is 22.7 Å². The number of benzene rings is 1. The molecule has 0 bridgehead atoms. The van der Waals surface area contributed by atoms with Crippen molar-refractivity contribution < 1.29 is 17.3 Å². The fraction of sp³-hybridized carbons (Fsp3) is 0.333. The summed E-state index contributed by atoms with van der Waals surface area (Å²) in [5.74, 6) is -0.374. The second kappa shape index (κ2) is 4.55. The molecule has 1 aromatic carbocycles. The Morgan fingerprint density at radius 3 is 2.85 bits per heavy atom. The van der Waals surface area contributed by atoms with E-state index in [1.165, 1.54) is 18.2 Å². The van der Waals surface area contributed by atoms with E-state index in [2.05, 4.69) is 10.1 Å². The van der Waals surface area contributed by atoms with Crippen molar-refractivity contribution in [2.75, 3.05) is 17.2 Å². The van der Waals surface area contributed by atoms with E-state index in [1.807, 2.05) is 0 Å². The quantitative estimate of drug-likeness (QED) is 0.840. The largest absolute Gasteiger partial charge is 0.399 e. The Morgan fingerprint density at radius 2 is 2.20 bits per heavy atom. The standard InChI is InChI=1S/C12H12FN3O3S/c13-10-5-8(14)1-2-9(10)12-15-11(16-19-12)7-3-4-20(17,18)6-7/h1-2,5,7H,3-4,6,14H2. The molecule has 2 N–H and O–H groups in total. The minimum absolute atomic E-state index is 0.0101. The van der Waals surface area contributed by atoms with E-state index in [1.54, 1.807) is 0 Å². The monoisotopic (exact) mass is 297 g/mol. The first-order valence-corrected chi connectivity index (χ1v) is 7.86. The zero-order valence-corrected chi connectivity index (χ0v) is 11.2. The van der Waals surface area contributed by atoms with E-state index in [4.69, 9.17) is 10.3 Å². The first kappa shape index (κ1) is 13.0. The Morgan fingerprint density at radius 1 is 1.40 bits per heavy atom. The van der Waals surface area contributed by atoms with Gasteiger partial charge in [0.15, 0.2) is 15.7 Å². The lowest BCUT2D eigenvalue weighted by Crippen LogP contribution is -2.05. The van der Waals surface area contributed by atoms with Crippen LogP contribution in [0.3, 0.4) is 0 Å². The summed E-state index contributed by atoms with van der Waals surface area (Å²) in [6.07, 6.45) is 0.464. The number of halogens is 1. The van der Waals surface area contributed by atoms with Crippen LogP contribution in [0.5, 0.6) is 0 Å². The smallest absolute Gasteiger partial charge is 0.260 e. The van der Waals surface area contributed by atoms with Crippen LogP contribution in [-0.2, 0) is 9.84 Å². The minimum Gasteiger partial charge on any atom is -0.399 e. The highest BCUT2D eigenvalue weighted by molar-refractivity contribution is 7.91. The van der Waals surface area contributed by atoms with Gasteiger partial charge in [-0.1, -0.05) is 5.16 Å². The Kier molecular flexibility index (Phi) is 2.97. The molecular formula is C12H12FN3O3S. The third-order valence-corrected chi connectivity index (χ3v) is 5.03. The summed E-state index contributed by atoms with van der Waals surface area (Å²) in [6, 6.07) is 4.15. The highest BCUT2D eigenvalue weighted by atomic mass is 32.2.